The molecule has 0 aliphatic heterocycles. The summed E-state index contributed by atoms with van der Waals surface area (Å²) >= 11 is 0. The van der Waals surface area contributed by atoms with Gasteiger partial charge in [-0.2, -0.15) is 0 Å². The van der Waals surface area contributed by atoms with Gasteiger partial charge in [0.05, 0.1) is 20.0 Å². The first-order valence-corrected chi connectivity index (χ1v) is 5.86. The first-order chi connectivity index (χ1) is 9.83. The van der Waals surface area contributed by atoms with E-state index in [1.165, 1.54) is 6.07 Å². The molecule has 0 saturated heterocycles. The van der Waals surface area contributed by atoms with Crippen LogP contribution in [0.4, 0.5) is 8.78 Å². The third kappa shape index (κ3) is 5.17. The van der Waals surface area contributed by atoms with E-state index in [1.807, 2.05) is 0 Å². The van der Waals surface area contributed by atoms with Gasteiger partial charge in [-0.1, -0.05) is 6.07 Å². The van der Waals surface area contributed by atoms with Gasteiger partial charge in [-0.25, -0.2) is 13.6 Å². The van der Waals surface area contributed by atoms with Crippen molar-refractivity contribution in [2.75, 3.05) is 7.11 Å². The molecule has 21 heavy (non-hydrogen) atoms. The average Bonchev–Trinajstić information content (AvgIpc) is 2.41. The molecule has 0 bridgehead atoms. The fourth-order valence-corrected chi connectivity index (χ4v) is 1.53. The molecule has 8 heteroatoms. The lowest BCUT2D eigenvalue weighted by Gasteiger charge is -2.13. The normalized spacial score (nSPS) is 11.6. The molecular formula is C13H13F2NO5. The molecule has 0 fully saturated rings. The Morgan fingerprint density at radius 2 is 1.95 bits per heavy atom. The zero-order chi connectivity index (χ0) is 16.0. The zero-order valence-corrected chi connectivity index (χ0v) is 11.1. The lowest BCUT2D eigenvalue weighted by molar-refractivity contribution is -0.148. The Hall–Kier alpha value is -2.51. The van der Waals surface area contributed by atoms with Gasteiger partial charge in [0, 0.05) is 0 Å². The number of carboxylic acid groups (broad SMARTS) is 1. The lowest BCUT2D eigenvalue weighted by atomic mass is 10.1. The smallest absolute Gasteiger partial charge is 0.326 e. The van der Waals surface area contributed by atoms with E-state index in [0.717, 1.165) is 19.2 Å². The Bertz CT molecular complexity index is 561. The van der Waals surface area contributed by atoms with Crippen LogP contribution in [0.2, 0.25) is 0 Å². The van der Waals surface area contributed by atoms with Gasteiger partial charge in [0.15, 0.2) is 11.6 Å². The second kappa shape index (κ2) is 7.32. The minimum Gasteiger partial charge on any atom is -0.480 e. The maximum Gasteiger partial charge on any atom is 0.326 e. The number of methoxy groups -OCH3 is 1. The van der Waals surface area contributed by atoms with Crippen molar-refractivity contribution in [2.45, 2.75) is 18.9 Å². The van der Waals surface area contributed by atoms with Gasteiger partial charge in [-0.15, -0.1) is 0 Å². The van der Waals surface area contributed by atoms with E-state index >= 15 is 0 Å². The number of hydrogen-bond acceptors (Lipinski definition) is 4. The third-order valence-corrected chi connectivity index (χ3v) is 2.58. The fraction of sp³-hybridized carbons (Fsp3) is 0.308. The van der Waals surface area contributed by atoms with Gasteiger partial charge in [0.1, 0.15) is 6.04 Å². The molecule has 1 rings (SSSR count). The van der Waals surface area contributed by atoms with Crippen molar-refractivity contribution in [3.05, 3.63) is 35.4 Å². The van der Waals surface area contributed by atoms with Crippen LogP contribution in [0.15, 0.2) is 18.2 Å². The molecule has 0 heterocycles. The Morgan fingerprint density at radius 3 is 2.48 bits per heavy atom. The van der Waals surface area contributed by atoms with E-state index in [4.69, 9.17) is 5.11 Å². The van der Waals surface area contributed by atoms with Crippen molar-refractivity contribution < 1.29 is 33.0 Å². The van der Waals surface area contributed by atoms with Gasteiger partial charge in [0.25, 0.3) is 0 Å². The SMILES string of the molecule is COC(=O)C[C@H](NC(=O)Cc1ccc(F)c(F)c1)C(=O)O. The summed E-state index contributed by atoms with van der Waals surface area (Å²) in [7, 11) is 1.09. The predicted molar refractivity (Wildman–Crippen MR) is 66.3 cm³/mol. The van der Waals surface area contributed by atoms with Crippen molar-refractivity contribution >= 4 is 17.8 Å². The van der Waals surface area contributed by atoms with E-state index in [2.05, 4.69) is 10.1 Å². The Balaban J connectivity index is 2.67. The number of carbonyl (C=O) groups excluding carboxylic acids is 2. The molecule has 114 valence electrons. The molecular weight excluding hydrogens is 288 g/mol. The number of carboxylic acids is 1. The van der Waals surface area contributed by atoms with Crippen LogP contribution in [-0.4, -0.2) is 36.1 Å². The highest BCUT2D eigenvalue weighted by Gasteiger charge is 2.23. The van der Waals surface area contributed by atoms with Crippen LogP contribution in [0, 0.1) is 11.6 Å². The van der Waals surface area contributed by atoms with Gasteiger partial charge in [-0.3, -0.25) is 9.59 Å². The highest BCUT2D eigenvalue weighted by atomic mass is 19.2. The van der Waals surface area contributed by atoms with Gasteiger partial charge >= 0.3 is 11.9 Å². The molecule has 1 amide bonds. The molecule has 0 aliphatic rings. The van der Waals surface area contributed by atoms with Crippen LogP contribution in [0.3, 0.4) is 0 Å². The molecule has 0 radical (unpaired) electrons. The van der Waals surface area contributed by atoms with E-state index in [0.29, 0.717) is 0 Å². The summed E-state index contributed by atoms with van der Waals surface area (Å²) < 4.78 is 30.0. The Labute approximate surface area is 118 Å². The van der Waals surface area contributed by atoms with Crippen molar-refractivity contribution in [3.8, 4) is 0 Å². The molecule has 1 aromatic rings. The largest absolute Gasteiger partial charge is 0.480 e. The summed E-state index contributed by atoms with van der Waals surface area (Å²) in [5.74, 6) is -5.09. The van der Waals surface area contributed by atoms with Crippen LogP contribution in [-0.2, 0) is 25.5 Å². The first kappa shape index (κ1) is 16.5. The number of aliphatic carboxylic acids is 1. The van der Waals surface area contributed by atoms with E-state index in [-0.39, 0.29) is 12.0 Å². The maximum absolute atomic E-state index is 13.0. The van der Waals surface area contributed by atoms with Gasteiger partial charge in [-0.05, 0) is 17.7 Å². The second-order valence-corrected chi connectivity index (χ2v) is 4.16. The van der Waals surface area contributed by atoms with Crippen molar-refractivity contribution in [1.29, 1.82) is 0 Å². The molecule has 1 atom stereocenters. The van der Waals surface area contributed by atoms with Gasteiger partial charge in [0.2, 0.25) is 5.91 Å². The monoisotopic (exact) mass is 301 g/mol. The first-order valence-electron chi connectivity index (χ1n) is 5.86. The number of benzene rings is 1. The molecule has 0 aromatic heterocycles. The van der Waals surface area contributed by atoms with Crippen LogP contribution in [0.25, 0.3) is 0 Å². The number of amides is 1. The quantitative estimate of drug-likeness (QED) is 0.752. The van der Waals surface area contributed by atoms with E-state index in [1.54, 1.807) is 0 Å². The lowest BCUT2D eigenvalue weighted by Crippen LogP contribution is -2.43. The van der Waals surface area contributed by atoms with Crippen LogP contribution < -0.4 is 5.32 Å². The van der Waals surface area contributed by atoms with Crippen LogP contribution >= 0.6 is 0 Å². The third-order valence-electron chi connectivity index (χ3n) is 2.58. The van der Waals surface area contributed by atoms with Crippen molar-refractivity contribution in [2.24, 2.45) is 0 Å². The van der Waals surface area contributed by atoms with Crippen molar-refractivity contribution in [3.63, 3.8) is 0 Å². The molecule has 0 aliphatic carbocycles. The second-order valence-electron chi connectivity index (χ2n) is 4.16. The summed E-state index contributed by atoms with van der Waals surface area (Å²) in [6.45, 7) is 0. The van der Waals surface area contributed by atoms with Crippen LogP contribution in [0.1, 0.15) is 12.0 Å². The maximum atomic E-state index is 13.0. The van der Waals surface area contributed by atoms with Gasteiger partial charge < -0.3 is 15.2 Å². The number of esters is 1. The predicted octanol–water partition coefficient (Wildman–Crippen LogP) is 0.640. The van der Waals surface area contributed by atoms with Crippen molar-refractivity contribution in [1.82, 2.24) is 5.32 Å². The summed E-state index contributed by atoms with van der Waals surface area (Å²) in [6, 6.07) is 1.45. The number of rotatable bonds is 6. The molecule has 0 unspecified atom stereocenters. The standard InChI is InChI=1S/C13H13F2NO5/c1-21-12(18)6-10(13(19)20)16-11(17)5-7-2-3-8(14)9(15)4-7/h2-4,10H,5-6H2,1H3,(H,16,17)(H,19,20)/t10-/m0/s1. The molecule has 0 spiro atoms. The van der Waals surface area contributed by atoms with E-state index < -0.39 is 41.9 Å². The van der Waals surface area contributed by atoms with E-state index in [9.17, 15) is 23.2 Å². The Morgan fingerprint density at radius 1 is 1.29 bits per heavy atom. The number of ether oxygens (including phenoxy) is 1. The Kier molecular flexibility index (Phi) is 5.77. The summed E-state index contributed by atoms with van der Waals surface area (Å²) in [4.78, 5) is 33.6. The zero-order valence-electron chi connectivity index (χ0n) is 11.1. The topological polar surface area (TPSA) is 92.7 Å². The fourth-order valence-electron chi connectivity index (χ4n) is 1.53. The molecule has 6 nitrogen and oxygen atoms in total. The summed E-state index contributed by atoms with van der Waals surface area (Å²) in [5.41, 5.74) is 0.175. The minimum absolute atomic E-state index is 0.175. The molecule has 1 aromatic carbocycles. The summed E-state index contributed by atoms with van der Waals surface area (Å²) in [5, 5.41) is 11.0. The average molecular weight is 301 g/mol. The summed E-state index contributed by atoms with van der Waals surface area (Å²) in [6.07, 6.45) is -0.877. The number of halogens is 2. The number of hydrogen-bond donors (Lipinski definition) is 2. The highest BCUT2D eigenvalue weighted by Crippen LogP contribution is 2.09. The molecule has 0 saturated carbocycles. The number of nitrogens with one attached hydrogen (secondary N) is 1. The van der Waals surface area contributed by atoms with Crippen LogP contribution in [0.5, 0.6) is 0 Å². The minimum atomic E-state index is -1.45. The number of carbonyl (C=O) groups is 3. The molecule has 2 N–H and O–H groups in total. The highest BCUT2D eigenvalue weighted by molar-refractivity contribution is 5.87.